The third-order valence-electron chi connectivity index (χ3n) is 3.47. The zero-order chi connectivity index (χ0) is 12.3. The molecule has 0 aliphatic heterocycles. The second kappa shape index (κ2) is 5.66. The molecule has 0 saturated heterocycles. The molecule has 3 heteroatoms. The highest BCUT2D eigenvalue weighted by Gasteiger charge is 2.26. The lowest BCUT2D eigenvalue weighted by Crippen LogP contribution is -2.31. The minimum Gasteiger partial charge on any atom is -0.309 e. The fourth-order valence-electron chi connectivity index (χ4n) is 2.42. The summed E-state index contributed by atoms with van der Waals surface area (Å²) < 4.78 is 1.15. The number of halogens is 1. The largest absolute Gasteiger partial charge is 0.309 e. The highest BCUT2D eigenvalue weighted by atomic mass is 79.9. The Hall–Kier alpha value is -0.850. The Labute approximate surface area is 111 Å². The molecule has 0 bridgehead atoms. The lowest BCUT2D eigenvalue weighted by molar-refractivity contribution is 0.464. The van der Waals surface area contributed by atoms with Crippen molar-refractivity contribution in [3.8, 4) is 6.07 Å². The molecule has 1 N–H and O–H groups in total. The second-order valence-electron chi connectivity index (χ2n) is 4.74. The molecular weight excluding hydrogens is 276 g/mol. The van der Waals surface area contributed by atoms with Crippen molar-refractivity contribution in [3.05, 3.63) is 33.8 Å². The minimum atomic E-state index is 0.201. The maximum absolute atomic E-state index is 9.02. The van der Waals surface area contributed by atoms with Gasteiger partial charge in [0, 0.05) is 17.1 Å². The molecule has 2 atom stereocenters. The molecule has 0 radical (unpaired) electrons. The Bertz CT molecular complexity index is 436. The summed E-state index contributed by atoms with van der Waals surface area (Å²) in [5.41, 5.74) is 2.54. The van der Waals surface area contributed by atoms with Crippen molar-refractivity contribution in [3.63, 3.8) is 0 Å². The van der Waals surface area contributed by atoms with Crippen molar-refractivity contribution in [2.45, 2.75) is 38.8 Å². The topological polar surface area (TPSA) is 35.8 Å². The van der Waals surface area contributed by atoms with Crippen LogP contribution >= 0.6 is 15.9 Å². The van der Waals surface area contributed by atoms with Crippen molar-refractivity contribution in [2.75, 3.05) is 0 Å². The number of hydrogen-bond donors (Lipinski definition) is 1. The van der Waals surface area contributed by atoms with Gasteiger partial charge in [-0.25, -0.2) is 0 Å². The monoisotopic (exact) mass is 292 g/mol. The maximum Gasteiger partial charge on any atom is 0.0672 e. The molecule has 1 aliphatic carbocycles. The van der Waals surface area contributed by atoms with Gasteiger partial charge in [-0.15, -0.1) is 0 Å². The number of hydrogen-bond acceptors (Lipinski definition) is 2. The van der Waals surface area contributed by atoms with Gasteiger partial charge in [-0.2, -0.15) is 5.26 Å². The van der Waals surface area contributed by atoms with Crippen molar-refractivity contribution < 1.29 is 0 Å². The lowest BCUT2D eigenvalue weighted by Gasteiger charge is -2.15. The highest BCUT2D eigenvalue weighted by Crippen LogP contribution is 2.25. The molecule has 0 heterocycles. The van der Waals surface area contributed by atoms with Gasteiger partial charge in [0.05, 0.1) is 12.0 Å². The van der Waals surface area contributed by atoms with Crippen LogP contribution in [0.1, 0.15) is 30.4 Å². The summed E-state index contributed by atoms with van der Waals surface area (Å²) in [7, 11) is 0. The lowest BCUT2D eigenvalue weighted by atomic mass is 10.1. The fraction of sp³-hybridized carbons (Fsp3) is 0.500. The van der Waals surface area contributed by atoms with E-state index in [1.165, 1.54) is 17.5 Å². The Balaban J connectivity index is 1.93. The first-order valence-corrected chi connectivity index (χ1v) is 6.88. The zero-order valence-corrected chi connectivity index (χ0v) is 11.6. The number of aryl methyl sites for hydroxylation is 1. The smallest absolute Gasteiger partial charge is 0.0672 e. The van der Waals surface area contributed by atoms with E-state index < -0.39 is 0 Å². The molecule has 1 aromatic carbocycles. The summed E-state index contributed by atoms with van der Waals surface area (Å²) in [5, 5.41) is 12.5. The van der Waals surface area contributed by atoms with Crippen LogP contribution in [0.4, 0.5) is 0 Å². The van der Waals surface area contributed by atoms with Crippen LogP contribution in [0.2, 0.25) is 0 Å². The van der Waals surface area contributed by atoms with Gasteiger partial charge in [0.1, 0.15) is 0 Å². The molecule has 2 rings (SSSR count). The molecule has 0 spiro atoms. The van der Waals surface area contributed by atoms with E-state index >= 15 is 0 Å². The highest BCUT2D eigenvalue weighted by molar-refractivity contribution is 9.10. The van der Waals surface area contributed by atoms with Crippen LogP contribution in [0.15, 0.2) is 22.7 Å². The molecule has 90 valence electrons. The van der Waals surface area contributed by atoms with E-state index in [1.807, 2.05) is 0 Å². The van der Waals surface area contributed by atoms with Crippen LogP contribution in [0.3, 0.4) is 0 Å². The van der Waals surface area contributed by atoms with Crippen molar-refractivity contribution in [1.29, 1.82) is 5.26 Å². The third-order valence-corrected chi connectivity index (χ3v) is 4.36. The average Bonchev–Trinajstić information content (AvgIpc) is 2.78. The summed E-state index contributed by atoms with van der Waals surface area (Å²) in [6.07, 6.45) is 3.36. The number of nitriles is 1. The van der Waals surface area contributed by atoms with Crippen molar-refractivity contribution >= 4 is 15.9 Å². The van der Waals surface area contributed by atoms with Gasteiger partial charge in [-0.3, -0.25) is 0 Å². The first-order valence-electron chi connectivity index (χ1n) is 6.08. The van der Waals surface area contributed by atoms with E-state index in [0.717, 1.165) is 23.9 Å². The van der Waals surface area contributed by atoms with E-state index in [0.29, 0.717) is 6.04 Å². The van der Waals surface area contributed by atoms with Gasteiger partial charge in [-0.05, 0) is 37.0 Å². The van der Waals surface area contributed by atoms with E-state index in [2.05, 4.69) is 52.4 Å². The van der Waals surface area contributed by atoms with Gasteiger partial charge in [-0.1, -0.05) is 34.5 Å². The van der Waals surface area contributed by atoms with Crippen molar-refractivity contribution in [1.82, 2.24) is 5.32 Å². The molecule has 1 saturated carbocycles. The molecule has 2 unspecified atom stereocenters. The van der Waals surface area contributed by atoms with Crippen molar-refractivity contribution in [2.24, 2.45) is 5.92 Å². The quantitative estimate of drug-likeness (QED) is 0.925. The van der Waals surface area contributed by atoms with Gasteiger partial charge >= 0.3 is 0 Å². The van der Waals surface area contributed by atoms with E-state index in [1.54, 1.807) is 0 Å². The number of rotatable bonds is 3. The zero-order valence-electron chi connectivity index (χ0n) is 10.0. The molecule has 1 aromatic rings. The number of benzene rings is 1. The number of nitrogens with one attached hydrogen (secondary N) is 1. The fourth-order valence-corrected chi connectivity index (χ4v) is 2.67. The Morgan fingerprint density at radius 1 is 1.47 bits per heavy atom. The SMILES string of the molecule is Cc1cc(CNC2CCCC2C#N)ccc1Br. The summed E-state index contributed by atoms with van der Waals surface area (Å²) in [6, 6.07) is 9.18. The molecule has 0 aromatic heterocycles. The predicted molar refractivity (Wildman–Crippen MR) is 72.5 cm³/mol. The van der Waals surface area contributed by atoms with Gasteiger partial charge in [0.2, 0.25) is 0 Å². The normalized spacial score (nSPS) is 23.6. The Morgan fingerprint density at radius 2 is 2.29 bits per heavy atom. The van der Waals surface area contributed by atoms with Gasteiger partial charge < -0.3 is 5.32 Å². The van der Waals surface area contributed by atoms with Crippen LogP contribution in [0.5, 0.6) is 0 Å². The summed E-state index contributed by atoms with van der Waals surface area (Å²) in [6.45, 7) is 2.96. The number of nitrogens with zero attached hydrogens (tertiary/aromatic N) is 1. The molecule has 1 fully saturated rings. The van der Waals surface area contributed by atoms with Crippen LogP contribution in [0.25, 0.3) is 0 Å². The van der Waals surface area contributed by atoms with Gasteiger partial charge in [0.15, 0.2) is 0 Å². The summed E-state index contributed by atoms with van der Waals surface area (Å²) in [5.74, 6) is 0.201. The van der Waals surface area contributed by atoms with Crippen LogP contribution in [0, 0.1) is 24.2 Å². The molecule has 17 heavy (non-hydrogen) atoms. The third kappa shape index (κ3) is 3.08. The van der Waals surface area contributed by atoms with E-state index in [9.17, 15) is 0 Å². The second-order valence-corrected chi connectivity index (χ2v) is 5.59. The van der Waals surface area contributed by atoms with Gasteiger partial charge in [0.25, 0.3) is 0 Å². The average molecular weight is 293 g/mol. The van der Waals surface area contributed by atoms with E-state index in [4.69, 9.17) is 5.26 Å². The van der Waals surface area contributed by atoms with Crippen LogP contribution in [-0.4, -0.2) is 6.04 Å². The summed E-state index contributed by atoms with van der Waals surface area (Å²) >= 11 is 3.50. The maximum atomic E-state index is 9.02. The standard InChI is InChI=1S/C14H17BrN2/c1-10-7-11(5-6-13(10)15)9-17-14-4-2-3-12(14)8-16/h5-7,12,14,17H,2-4,9H2,1H3. The predicted octanol–water partition coefficient (Wildman–Crippen LogP) is 3.54. The molecular formula is C14H17BrN2. The Kier molecular flexibility index (Phi) is 4.20. The minimum absolute atomic E-state index is 0.201. The first kappa shape index (κ1) is 12.6. The summed E-state index contributed by atoms with van der Waals surface area (Å²) in [4.78, 5) is 0. The molecule has 0 amide bonds. The Morgan fingerprint density at radius 3 is 3.00 bits per heavy atom. The molecule has 1 aliphatic rings. The first-order chi connectivity index (χ1) is 8.20. The van der Waals surface area contributed by atoms with E-state index in [-0.39, 0.29) is 5.92 Å². The molecule has 2 nitrogen and oxygen atoms in total. The van der Waals surface area contributed by atoms with Crippen LogP contribution < -0.4 is 5.32 Å². The van der Waals surface area contributed by atoms with Crippen LogP contribution in [-0.2, 0) is 6.54 Å².